The standard InChI is InChI=1S/C20H21N3O2/c1-14-12-15-4-2-3-5-16(15)13-23(14)20(25)21-17-6-8-18(9-7-17)22-11-10-19(22)24/h2-9,14H,10-13H2,1H3,(H,21,25). The van der Waals surface area contributed by atoms with Crippen LogP contribution in [0.3, 0.4) is 0 Å². The third-order valence-electron chi connectivity index (χ3n) is 5.05. The van der Waals surface area contributed by atoms with Gasteiger partial charge in [0.1, 0.15) is 0 Å². The summed E-state index contributed by atoms with van der Waals surface area (Å²) in [7, 11) is 0. The van der Waals surface area contributed by atoms with Gasteiger partial charge in [-0.3, -0.25) is 4.79 Å². The lowest BCUT2D eigenvalue weighted by atomic mass is 9.95. The van der Waals surface area contributed by atoms with Gasteiger partial charge in [-0.25, -0.2) is 4.79 Å². The first-order valence-electron chi connectivity index (χ1n) is 8.66. The molecule has 0 radical (unpaired) electrons. The zero-order chi connectivity index (χ0) is 17.4. The number of carbonyl (C=O) groups excluding carboxylic acids is 2. The number of benzene rings is 2. The normalized spacial score (nSPS) is 19.2. The van der Waals surface area contributed by atoms with E-state index in [-0.39, 0.29) is 18.0 Å². The molecular weight excluding hydrogens is 314 g/mol. The van der Waals surface area contributed by atoms with Crippen molar-refractivity contribution in [1.82, 2.24) is 4.90 Å². The predicted molar refractivity (Wildman–Crippen MR) is 97.6 cm³/mol. The molecule has 1 fully saturated rings. The zero-order valence-electron chi connectivity index (χ0n) is 14.2. The number of nitrogens with one attached hydrogen (secondary N) is 1. The van der Waals surface area contributed by atoms with Gasteiger partial charge in [-0.2, -0.15) is 0 Å². The molecule has 2 aliphatic rings. The lowest BCUT2D eigenvalue weighted by Crippen LogP contribution is -2.44. The molecule has 0 saturated carbocycles. The Hall–Kier alpha value is -2.82. The molecule has 0 aliphatic carbocycles. The van der Waals surface area contributed by atoms with E-state index in [1.807, 2.05) is 41.3 Å². The average molecular weight is 335 g/mol. The van der Waals surface area contributed by atoms with Gasteiger partial charge in [-0.05, 0) is 48.7 Å². The fourth-order valence-corrected chi connectivity index (χ4v) is 3.46. The van der Waals surface area contributed by atoms with Gasteiger partial charge in [-0.1, -0.05) is 24.3 Å². The summed E-state index contributed by atoms with van der Waals surface area (Å²) in [4.78, 5) is 27.8. The van der Waals surface area contributed by atoms with Crippen molar-refractivity contribution in [2.75, 3.05) is 16.8 Å². The first-order chi connectivity index (χ1) is 12.1. The van der Waals surface area contributed by atoms with E-state index in [0.717, 1.165) is 24.3 Å². The Bertz CT molecular complexity index is 816. The van der Waals surface area contributed by atoms with E-state index >= 15 is 0 Å². The van der Waals surface area contributed by atoms with Crippen LogP contribution in [0.2, 0.25) is 0 Å². The van der Waals surface area contributed by atoms with E-state index in [4.69, 9.17) is 0 Å². The molecule has 1 atom stereocenters. The summed E-state index contributed by atoms with van der Waals surface area (Å²) < 4.78 is 0. The van der Waals surface area contributed by atoms with Crippen LogP contribution in [0.15, 0.2) is 48.5 Å². The van der Waals surface area contributed by atoms with Crippen molar-refractivity contribution in [2.45, 2.75) is 32.4 Å². The Balaban J connectivity index is 1.44. The smallest absolute Gasteiger partial charge is 0.317 e. The van der Waals surface area contributed by atoms with E-state index in [1.54, 1.807) is 4.90 Å². The van der Waals surface area contributed by atoms with E-state index in [9.17, 15) is 9.59 Å². The molecule has 5 nitrogen and oxygen atoms in total. The van der Waals surface area contributed by atoms with Crippen LogP contribution < -0.4 is 10.2 Å². The number of urea groups is 1. The summed E-state index contributed by atoms with van der Waals surface area (Å²) in [6.07, 6.45) is 1.49. The molecule has 0 bridgehead atoms. The van der Waals surface area contributed by atoms with Crippen molar-refractivity contribution in [2.24, 2.45) is 0 Å². The Morgan fingerprint density at radius 1 is 1.08 bits per heavy atom. The van der Waals surface area contributed by atoms with Crippen LogP contribution in [0.5, 0.6) is 0 Å². The van der Waals surface area contributed by atoms with Crippen molar-refractivity contribution in [3.63, 3.8) is 0 Å². The highest BCUT2D eigenvalue weighted by atomic mass is 16.2. The number of carbonyl (C=O) groups is 2. The fraction of sp³-hybridized carbons (Fsp3) is 0.300. The van der Waals surface area contributed by atoms with Crippen molar-refractivity contribution >= 4 is 23.3 Å². The third-order valence-corrected chi connectivity index (χ3v) is 5.05. The maximum atomic E-state index is 12.7. The lowest BCUT2D eigenvalue weighted by molar-refractivity contribution is -0.122. The van der Waals surface area contributed by atoms with Gasteiger partial charge in [0.25, 0.3) is 0 Å². The number of anilines is 2. The second kappa shape index (κ2) is 6.24. The van der Waals surface area contributed by atoms with Crippen molar-refractivity contribution in [3.05, 3.63) is 59.7 Å². The number of amides is 3. The highest BCUT2D eigenvalue weighted by molar-refractivity contribution is 5.99. The van der Waals surface area contributed by atoms with Crippen LogP contribution in [0.1, 0.15) is 24.5 Å². The molecule has 25 heavy (non-hydrogen) atoms. The maximum Gasteiger partial charge on any atom is 0.322 e. The molecule has 5 heteroatoms. The fourth-order valence-electron chi connectivity index (χ4n) is 3.46. The van der Waals surface area contributed by atoms with Crippen molar-refractivity contribution < 1.29 is 9.59 Å². The number of nitrogens with zero attached hydrogens (tertiary/aromatic N) is 2. The molecule has 1 saturated heterocycles. The number of β-lactam (4-membered cyclic amide) rings is 1. The molecule has 2 aromatic carbocycles. The number of rotatable bonds is 2. The SMILES string of the molecule is CC1Cc2ccccc2CN1C(=O)Nc1ccc(N2CCC2=O)cc1. The molecule has 0 aromatic heterocycles. The molecule has 1 N–H and O–H groups in total. The van der Waals surface area contributed by atoms with Crippen LogP contribution >= 0.6 is 0 Å². The first-order valence-corrected chi connectivity index (χ1v) is 8.66. The first kappa shape index (κ1) is 15.7. The Kier molecular flexibility index (Phi) is 3.92. The second-order valence-electron chi connectivity index (χ2n) is 6.72. The quantitative estimate of drug-likeness (QED) is 0.855. The zero-order valence-corrected chi connectivity index (χ0v) is 14.2. The van der Waals surface area contributed by atoms with Gasteiger partial charge in [0.2, 0.25) is 5.91 Å². The second-order valence-corrected chi connectivity index (χ2v) is 6.72. The van der Waals surface area contributed by atoms with Crippen molar-refractivity contribution in [1.29, 1.82) is 0 Å². The van der Waals surface area contributed by atoms with Gasteiger partial charge in [0, 0.05) is 36.9 Å². The molecule has 4 rings (SSSR count). The number of hydrogen-bond acceptors (Lipinski definition) is 2. The van der Waals surface area contributed by atoms with Crippen LogP contribution in [0.25, 0.3) is 0 Å². The van der Waals surface area contributed by atoms with Crippen LogP contribution in [-0.4, -0.2) is 29.4 Å². The Labute approximate surface area is 147 Å². The van der Waals surface area contributed by atoms with Gasteiger partial charge in [0.15, 0.2) is 0 Å². The topological polar surface area (TPSA) is 52.7 Å². The maximum absolute atomic E-state index is 12.7. The average Bonchev–Trinajstić information content (AvgIpc) is 2.61. The van der Waals surface area contributed by atoms with Crippen LogP contribution in [-0.2, 0) is 17.8 Å². The molecule has 3 amide bonds. The molecule has 2 aromatic rings. The minimum atomic E-state index is -0.0882. The number of fused-ring (bicyclic) bond motifs is 1. The van der Waals surface area contributed by atoms with Gasteiger partial charge < -0.3 is 15.1 Å². The monoisotopic (exact) mass is 335 g/mol. The Morgan fingerprint density at radius 3 is 2.44 bits per heavy atom. The molecule has 128 valence electrons. The molecular formula is C20H21N3O2. The molecule has 2 aliphatic heterocycles. The van der Waals surface area contributed by atoms with E-state index < -0.39 is 0 Å². The minimum absolute atomic E-state index is 0.0882. The van der Waals surface area contributed by atoms with Crippen LogP contribution in [0, 0.1) is 0 Å². The largest absolute Gasteiger partial charge is 0.322 e. The van der Waals surface area contributed by atoms with E-state index in [0.29, 0.717) is 13.0 Å². The summed E-state index contributed by atoms with van der Waals surface area (Å²) in [5, 5.41) is 2.97. The predicted octanol–water partition coefficient (Wildman–Crippen LogP) is 3.40. The highest BCUT2D eigenvalue weighted by Gasteiger charge is 2.27. The summed E-state index contributed by atoms with van der Waals surface area (Å²) in [5.41, 5.74) is 4.16. The minimum Gasteiger partial charge on any atom is -0.317 e. The third kappa shape index (κ3) is 2.97. The summed E-state index contributed by atoms with van der Waals surface area (Å²) in [5.74, 6) is 0.151. The molecule has 2 heterocycles. The van der Waals surface area contributed by atoms with Crippen LogP contribution in [0.4, 0.5) is 16.2 Å². The van der Waals surface area contributed by atoms with Crippen molar-refractivity contribution in [3.8, 4) is 0 Å². The van der Waals surface area contributed by atoms with E-state index in [1.165, 1.54) is 11.1 Å². The number of hydrogen-bond donors (Lipinski definition) is 1. The summed E-state index contributed by atoms with van der Waals surface area (Å²) >= 11 is 0. The molecule has 0 spiro atoms. The lowest BCUT2D eigenvalue weighted by Gasteiger charge is -2.35. The van der Waals surface area contributed by atoms with Gasteiger partial charge in [-0.15, -0.1) is 0 Å². The molecule has 1 unspecified atom stereocenters. The summed E-state index contributed by atoms with van der Waals surface area (Å²) in [6, 6.07) is 15.8. The van der Waals surface area contributed by atoms with Gasteiger partial charge in [0.05, 0.1) is 0 Å². The highest BCUT2D eigenvalue weighted by Crippen LogP contribution is 2.26. The van der Waals surface area contributed by atoms with E-state index in [2.05, 4.69) is 24.4 Å². The summed E-state index contributed by atoms with van der Waals surface area (Å²) in [6.45, 7) is 3.48. The van der Waals surface area contributed by atoms with Gasteiger partial charge >= 0.3 is 6.03 Å². The Morgan fingerprint density at radius 2 is 1.80 bits per heavy atom.